The Morgan fingerprint density at radius 2 is 1.69 bits per heavy atom. The number of amides is 1. The second kappa shape index (κ2) is 9.22. The van der Waals surface area contributed by atoms with Gasteiger partial charge >= 0.3 is 12.5 Å². The first kappa shape index (κ1) is 25.1. The average Bonchev–Trinajstić information content (AvgIpc) is 3.14. The van der Waals surface area contributed by atoms with Gasteiger partial charge in [-0.3, -0.25) is 4.79 Å². The summed E-state index contributed by atoms with van der Waals surface area (Å²) in [6, 6.07) is 11.0. The third-order valence-corrected chi connectivity index (χ3v) is 5.10. The van der Waals surface area contributed by atoms with Gasteiger partial charge in [0.05, 0.1) is 12.8 Å². The van der Waals surface area contributed by atoms with Gasteiger partial charge in [0.2, 0.25) is 0 Å². The molecule has 14 heteroatoms. The van der Waals surface area contributed by atoms with Crippen molar-refractivity contribution in [3.63, 3.8) is 0 Å². The molecule has 1 amide bonds. The summed E-state index contributed by atoms with van der Waals surface area (Å²) in [5.74, 6) is -1.16. The number of anilines is 1. The van der Waals surface area contributed by atoms with Gasteiger partial charge in [0.25, 0.3) is 5.91 Å². The lowest BCUT2D eigenvalue weighted by Crippen LogP contribution is -2.17. The molecule has 2 heterocycles. The first-order chi connectivity index (χ1) is 16.9. The summed E-state index contributed by atoms with van der Waals surface area (Å²) >= 11 is 6.21. The molecule has 188 valence electrons. The monoisotopic (exact) mass is 530 g/mol. The maximum absolute atomic E-state index is 13.9. The summed E-state index contributed by atoms with van der Waals surface area (Å²) in [4.78, 5) is 16.9. The van der Waals surface area contributed by atoms with Gasteiger partial charge in [-0.15, -0.1) is 13.2 Å². The Bertz CT molecular complexity index is 1430. The van der Waals surface area contributed by atoms with E-state index in [1.807, 2.05) is 0 Å². The first-order valence-corrected chi connectivity index (χ1v) is 10.2. The second-order valence-corrected chi connectivity index (χ2v) is 7.56. The fourth-order valence-electron chi connectivity index (χ4n) is 3.20. The van der Waals surface area contributed by atoms with Crippen molar-refractivity contribution in [3.05, 3.63) is 71.0 Å². The van der Waals surface area contributed by atoms with E-state index in [4.69, 9.17) is 16.3 Å². The number of benzene rings is 2. The molecule has 2 aromatic carbocycles. The fraction of sp³-hybridized carbons (Fsp3) is 0.136. The number of alkyl halides is 6. The van der Waals surface area contributed by atoms with Crippen molar-refractivity contribution in [2.45, 2.75) is 12.5 Å². The number of halogens is 7. The number of hydrogen-bond acceptors (Lipinski definition) is 5. The molecule has 0 atom stereocenters. The van der Waals surface area contributed by atoms with Crippen molar-refractivity contribution < 1.29 is 40.6 Å². The Hall–Kier alpha value is -4.00. The number of carbonyl (C=O) groups is 1. The lowest BCUT2D eigenvalue weighted by molar-refractivity contribution is -0.274. The van der Waals surface area contributed by atoms with Gasteiger partial charge in [-0.25, -0.2) is 9.50 Å². The molecule has 7 nitrogen and oxygen atoms in total. The van der Waals surface area contributed by atoms with Crippen LogP contribution in [0.2, 0.25) is 5.02 Å². The zero-order valence-corrected chi connectivity index (χ0v) is 18.7. The van der Waals surface area contributed by atoms with Gasteiger partial charge in [0.1, 0.15) is 16.5 Å². The van der Waals surface area contributed by atoms with Gasteiger partial charge in [-0.1, -0.05) is 23.7 Å². The fourth-order valence-corrected chi connectivity index (χ4v) is 3.44. The Morgan fingerprint density at radius 3 is 2.31 bits per heavy atom. The predicted molar refractivity (Wildman–Crippen MR) is 116 cm³/mol. The predicted octanol–water partition coefficient (Wildman–Crippen LogP) is 6.23. The molecular formula is C22H13ClF6N4O3. The van der Waals surface area contributed by atoms with Crippen molar-refractivity contribution in [2.24, 2.45) is 0 Å². The smallest absolute Gasteiger partial charge is 0.497 e. The number of ether oxygens (including phenoxy) is 2. The molecule has 36 heavy (non-hydrogen) atoms. The maximum atomic E-state index is 13.9. The quantitative estimate of drug-likeness (QED) is 0.310. The van der Waals surface area contributed by atoms with E-state index < -0.39 is 46.3 Å². The van der Waals surface area contributed by atoms with Gasteiger partial charge in [0.15, 0.2) is 17.0 Å². The minimum atomic E-state index is -4.90. The van der Waals surface area contributed by atoms with Crippen molar-refractivity contribution in [1.29, 1.82) is 0 Å². The number of nitrogens with one attached hydrogen (secondary N) is 1. The topological polar surface area (TPSA) is 77.8 Å². The zero-order valence-electron chi connectivity index (χ0n) is 17.9. The highest BCUT2D eigenvalue weighted by atomic mass is 35.5. The lowest BCUT2D eigenvalue weighted by atomic mass is 10.1. The highest BCUT2D eigenvalue weighted by molar-refractivity contribution is 6.37. The molecule has 4 rings (SSSR count). The SMILES string of the molecule is COc1cccc(-c2cc(C(F)(F)F)n3nc(C(=O)Nc4ccc(OC(F)(F)F)cc4)c(Cl)c3n2)c1. The summed E-state index contributed by atoms with van der Waals surface area (Å²) in [5.41, 5.74) is -2.02. The molecule has 0 radical (unpaired) electrons. The van der Waals surface area contributed by atoms with Gasteiger partial charge in [-0.2, -0.15) is 18.3 Å². The van der Waals surface area contributed by atoms with E-state index in [2.05, 4.69) is 20.1 Å². The van der Waals surface area contributed by atoms with Crippen LogP contribution < -0.4 is 14.8 Å². The van der Waals surface area contributed by atoms with Crippen molar-refractivity contribution >= 4 is 28.8 Å². The van der Waals surface area contributed by atoms with Gasteiger partial charge < -0.3 is 14.8 Å². The third-order valence-electron chi connectivity index (χ3n) is 4.75. The number of hydrogen-bond donors (Lipinski definition) is 1. The van der Waals surface area contributed by atoms with Crippen LogP contribution in [0.1, 0.15) is 16.2 Å². The molecule has 0 saturated carbocycles. The van der Waals surface area contributed by atoms with E-state index in [0.717, 1.165) is 30.3 Å². The molecule has 0 aliphatic rings. The number of carbonyl (C=O) groups excluding carboxylic acids is 1. The van der Waals surface area contributed by atoms with E-state index in [0.29, 0.717) is 15.8 Å². The molecule has 1 N–H and O–H groups in total. The normalized spacial score (nSPS) is 12.0. The summed E-state index contributed by atoms with van der Waals surface area (Å²) in [5, 5.41) is 5.55. The number of methoxy groups -OCH3 is 1. The molecule has 4 aromatic rings. The van der Waals surface area contributed by atoms with Crippen LogP contribution in [-0.4, -0.2) is 34.0 Å². The summed E-state index contributed by atoms with van der Waals surface area (Å²) in [7, 11) is 1.40. The van der Waals surface area contributed by atoms with E-state index in [1.165, 1.54) is 19.2 Å². The minimum absolute atomic E-state index is 0.0173. The Kier molecular flexibility index (Phi) is 6.43. The maximum Gasteiger partial charge on any atom is 0.573 e. The van der Waals surface area contributed by atoms with Crippen LogP contribution in [0.15, 0.2) is 54.6 Å². The lowest BCUT2D eigenvalue weighted by Gasteiger charge is -2.11. The van der Waals surface area contributed by atoms with Crippen LogP contribution in [0, 0.1) is 0 Å². The Balaban J connectivity index is 1.72. The van der Waals surface area contributed by atoms with Crippen LogP contribution >= 0.6 is 11.6 Å². The number of nitrogens with zero attached hydrogens (tertiary/aromatic N) is 3. The van der Waals surface area contributed by atoms with Crippen LogP contribution in [0.25, 0.3) is 16.9 Å². The van der Waals surface area contributed by atoms with E-state index >= 15 is 0 Å². The van der Waals surface area contributed by atoms with E-state index in [9.17, 15) is 31.1 Å². The van der Waals surface area contributed by atoms with Gasteiger partial charge in [-0.05, 0) is 42.5 Å². The third kappa shape index (κ3) is 5.30. The molecule has 0 aliphatic carbocycles. The van der Waals surface area contributed by atoms with Gasteiger partial charge in [0, 0.05) is 11.3 Å². The van der Waals surface area contributed by atoms with Crippen molar-refractivity contribution in [3.8, 4) is 22.8 Å². The molecule has 0 fully saturated rings. The van der Waals surface area contributed by atoms with E-state index in [1.54, 1.807) is 12.1 Å². The molecule has 2 aromatic heterocycles. The molecule has 0 spiro atoms. The van der Waals surface area contributed by atoms with Crippen LogP contribution in [-0.2, 0) is 6.18 Å². The number of fused-ring (bicyclic) bond motifs is 1. The summed E-state index contributed by atoms with van der Waals surface area (Å²) in [6.45, 7) is 0. The molecule has 0 aliphatic heterocycles. The molecular weight excluding hydrogens is 518 g/mol. The Morgan fingerprint density at radius 1 is 1.00 bits per heavy atom. The van der Waals surface area contributed by atoms with Crippen LogP contribution in [0.5, 0.6) is 11.5 Å². The van der Waals surface area contributed by atoms with Crippen LogP contribution in [0.4, 0.5) is 32.0 Å². The first-order valence-electron chi connectivity index (χ1n) is 9.84. The van der Waals surface area contributed by atoms with Crippen LogP contribution in [0.3, 0.4) is 0 Å². The molecule has 0 saturated heterocycles. The Labute approximate surface area is 203 Å². The minimum Gasteiger partial charge on any atom is -0.497 e. The zero-order chi connectivity index (χ0) is 26.3. The standard InChI is InChI=1S/C22H13ClF6N4O3/c1-35-14-4-2-3-11(9-14)15-10-16(21(24,25)26)33-19(31-15)17(23)18(32-33)20(34)30-12-5-7-13(8-6-12)36-22(27,28)29/h2-10H,1H3,(H,30,34). The molecule has 0 unspecified atom stereocenters. The second-order valence-electron chi connectivity index (χ2n) is 7.18. The number of aromatic nitrogens is 3. The number of rotatable bonds is 5. The highest BCUT2D eigenvalue weighted by Gasteiger charge is 2.37. The van der Waals surface area contributed by atoms with E-state index in [-0.39, 0.29) is 11.4 Å². The average molecular weight is 531 g/mol. The van der Waals surface area contributed by atoms with Crippen molar-refractivity contribution in [2.75, 3.05) is 12.4 Å². The summed E-state index contributed by atoms with van der Waals surface area (Å²) in [6.07, 6.45) is -9.78. The largest absolute Gasteiger partial charge is 0.573 e. The summed E-state index contributed by atoms with van der Waals surface area (Å²) < 4.78 is 87.7. The van der Waals surface area contributed by atoms with Crippen molar-refractivity contribution in [1.82, 2.24) is 14.6 Å². The molecule has 0 bridgehead atoms. The highest BCUT2D eigenvalue weighted by Crippen LogP contribution is 2.35.